The van der Waals surface area contributed by atoms with Crippen LogP contribution in [0.25, 0.3) is 11.3 Å². The number of nitrogens with zero attached hydrogens (tertiary/aromatic N) is 1. The molecule has 1 N–H and O–H groups in total. The van der Waals surface area contributed by atoms with Crippen molar-refractivity contribution in [2.45, 2.75) is 13.5 Å². The Kier molecular flexibility index (Phi) is 6.51. The Morgan fingerprint density at radius 1 is 1.04 bits per heavy atom. The molecule has 0 bridgehead atoms. The highest BCUT2D eigenvalue weighted by molar-refractivity contribution is 5.77. The van der Waals surface area contributed by atoms with Crippen molar-refractivity contribution in [3.63, 3.8) is 0 Å². The zero-order valence-corrected chi connectivity index (χ0v) is 15.8. The lowest BCUT2D eigenvalue weighted by Gasteiger charge is -2.07. The highest BCUT2D eigenvalue weighted by Crippen LogP contribution is 2.24. The van der Waals surface area contributed by atoms with Gasteiger partial charge in [0.2, 0.25) is 0 Å². The monoisotopic (exact) mass is 382 g/mol. The van der Waals surface area contributed by atoms with Gasteiger partial charge in [-0.3, -0.25) is 4.79 Å². The van der Waals surface area contributed by atoms with Crippen LogP contribution in [0.1, 0.15) is 12.6 Å². The summed E-state index contributed by atoms with van der Waals surface area (Å²) in [6.45, 7) is 2.68. The zero-order chi connectivity index (χ0) is 19.8. The number of carbonyl (C=O) groups excluding carboxylic acids is 1. The van der Waals surface area contributed by atoms with Crippen LogP contribution < -0.4 is 19.5 Å². The maximum absolute atomic E-state index is 12.0. The Hall–Kier alpha value is -3.48. The summed E-state index contributed by atoms with van der Waals surface area (Å²) in [5.74, 6) is 2.45. The zero-order valence-electron chi connectivity index (χ0n) is 15.8. The van der Waals surface area contributed by atoms with Gasteiger partial charge in [-0.2, -0.15) is 0 Å². The molecule has 0 radical (unpaired) electrons. The van der Waals surface area contributed by atoms with Crippen molar-refractivity contribution in [1.29, 1.82) is 0 Å². The largest absolute Gasteiger partial charge is 0.497 e. The van der Waals surface area contributed by atoms with Crippen molar-refractivity contribution < 1.29 is 23.5 Å². The number of hydrogen-bond donors (Lipinski definition) is 1. The molecule has 3 aromatic rings. The second-order valence-electron chi connectivity index (χ2n) is 5.88. The van der Waals surface area contributed by atoms with E-state index >= 15 is 0 Å². The van der Waals surface area contributed by atoms with Gasteiger partial charge in [-0.15, -0.1) is 0 Å². The Bertz CT molecular complexity index is 905. The standard InChI is InChI=1S/C21H22N2O5/c1-3-26-17-7-9-18(10-8-17)27-14-21(24)22-13-16-12-20(28-23-16)15-5-4-6-19(11-15)25-2/h4-12H,3,13-14H2,1-2H3,(H,22,24). The van der Waals surface area contributed by atoms with Crippen molar-refractivity contribution in [3.8, 4) is 28.6 Å². The van der Waals surface area contributed by atoms with E-state index in [-0.39, 0.29) is 19.1 Å². The molecular weight excluding hydrogens is 360 g/mol. The van der Waals surface area contributed by atoms with E-state index < -0.39 is 0 Å². The van der Waals surface area contributed by atoms with Crippen LogP contribution in [-0.2, 0) is 11.3 Å². The van der Waals surface area contributed by atoms with Crippen molar-refractivity contribution >= 4 is 5.91 Å². The van der Waals surface area contributed by atoms with E-state index in [0.717, 1.165) is 17.1 Å². The predicted octanol–water partition coefficient (Wildman–Crippen LogP) is 3.44. The fourth-order valence-corrected chi connectivity index (χ4v) is 2.50. The molecule has 0 saturated heterocycles. The molecule has 0 saturated carbocycles. The second-order valence-corrected chi connectivity index (χ2v) is 5.88. The van der Waals surface area contributed by atoms with Crippen LogP contribution >= 0.6 is 0 Å². The maximum Gasteiger partial charge on any atom is 0.258 e. The summed E-state index contributed by atoms with van der Waals surface area (Å²) >= 11 is 0. The fraction of sp³-hybridized carbons (Fsp3) is 0.238. The first-order valence-corrected chi connectivity index (χ1v) is 8.90. The summed E-state index contributed by atoms with van der Waals surface area (Å²) < 4.78 is 21.4. The highest BCUT2D eigenvalue weighted by Gasteiger charge is 2.09. The molecule has 7 nitrogen and oxygen atoms in total. The molecule has 0 aliphatic carbocycles. The van der Waals surface area contributed by atoms with E-state index in [9.17, 15) is 4.79 Å². The Morgan fingerprint density at radius 3 is 2.50 bits per heavy atom. The molecule has 146 valence electrons. The summed E-state index contributed by atoms with van der Waals surface area (Å²) in [5.41, 5.74) is 1.47. The number of amides is 1. The quantitative estimate of drug-likeness (QED) is 0.610. The smallest absolute Gasteiger partial charge is 0.258 e. The topological polar surface area (TPSA) is 82.8 Å². The van der Waals surface area contributed by atoms with Gasteiger partial charge < -0.3 is 24.1 Å². The molecule has 28 heavy (non-hydrogen) atoms. The van der Waals surface area contributed by atoms with Crippen LogP contribution in [-0.4, -0.2) is 31.4 Å². The van der Waals surface area contributed by atoms with Crippen molar-refractivity contribution in [1.82, 2.24) is 10.5 Å². The van der Waals surface area contributed by atoms with E-state index in [1.165, 1.54) is 0 Å². The molecule has 0 aliphatic heterocycles. The van der Waals surface area contributed by atoms with Crippen LogP contribution in [0.15, 0.2) is 59.1 Å². The molecule has 1 amide bonds. The summed E-state index contributed by atoms with van der Waals surface area (Å²) in [7, 11) is 1.61. The normalized spacial score (nSPS) is 10.4. The Labute approximate surface area is 163 Å². The number of rotatable bonds is 9. The van der Waals surface area contributed by atoms with Crippen LogP contribution in [0.4, 0.5) is 0 Å². The first-order chi connectivity index (χ1) is 13.7. The van der Waals surface area contributed by atoms with E-state index in [4.69, 9.17) is 18.7 Å². The summed E-state index contributed by atoms with van der Waals surface area (Å²) in [6.07, 6.45) is 0. The van der Waals surface area contributed by atoms with Gasteiger partial charge in [0.25, 0.3) is 5.91 Å². The van der Waals surface area contributed by atoms with E-state index in [1.54, 1.807) is 37.4 Å². The number of benzene rings is 2. The first-order valence-electron chi connectivity index (χ1n) is 8.90. The summed E-state index contributed by atoms with van der Waals surface area (Å²) in [5, 5.41) is 6.73. The number of aromatic nitrogens is 1. The minimum Gasteiger partial charge on any atom is -0.497 e. The number of carbonyl (C=O) groups is 1. The van der Waals surface area contributed by atoms with Gasteiger partial charge in [-0.25, -0.2) is 0 Å². The molecule has 2 aromatic carbocycles. The third kappa shape index (κ3) is 5.26. The van der Waals surface area contributed by atoms with Crippen LogP contribution in [0.3, 0.4) is 0 Å². The van der Waals surface area contributed by atoms with Gasteiger partial charge in [0.1, 0.15) is 22.9 Å². The average molecular weight is 382 g/mol. The van der Waals surface area contributed by atoms with Crippen LogP contribution in [0.5, 0.6) is 17.2 Å². The van der Waals surface area contributed by atoms with E-state index in [2.05, 4.69) is 10.5 Å². The molecular formula is C21H22N2O5. The molecule has 0 aliphatic rings. The number of methoxy groups -OCH3 is 1. The lowest BCUT2D eigenvalue weighted by Crippen LogP contribution is -2.28. The van der Waals surface area contributed by atoms with Crippen LogP contribution in [0, 0.1) is 0 Å². The second kappa shape index (κ2) is 9.45. The minimum absolute atomic E-state index is 0.0887. The molecule has 7 heteroatoms. The molecule has 3 rings (SSSR count). The SMILES string of the molecule is CCOc1ccc(OCC(=O)NCc2cc(-c3cccc(OC)c3)on2)cc1. The Morgan fingerprint density at radius 2 is 1.79 bits per heavy atom. The first kappa shape index (κ1) is 19.3. The molecule has 1 heterocycles. The Balaban J connectivity index is 1.47. The highest BCUT2D eigenvalue weighted by atomic mass is 16.5. The van der Waals surface area contributed by atoms with Crippen molar-refractivity contribution in [2.24, 2.45) is 0 Å². The molecule has 0 spiro atoms. The third-order valence-corrected chi connectivity index (χ3v) is 3.88. The van der Waals surface area contributed by atoms with E-state index in [1.807, 2.05) is 31.2 Å². The minimum atomic E-state index is -0.250. The van der Waals surface area contributed by atoms with Gasteiger partial charge in [-0.1, -0.05) is 17.3 Å². The maximum atomic E-state index is 12.0. The van der Waals surface area contributed by atoms with E-state index in [0.29, 0.717) is 23.8 Å². The van der Waals surface area contributed by atoms with Crippen molar-refractivity contribution in [3.05, 3.63) is 60.3 Å². The predicted molar refractivity (Wildman–Crippen MR) is 103 cm³/mol. The molecule has 0 fully saturated rings. The number of ether oxygens (including phenoxy) is 3. The van der Waals surface area contributed by atoms with Gasteiger partial charge in [0.15, 0.2) is 12.4 Å². The van der Waals surface area contributed by atoms with Gasteiger partial charge in [0, 0.05) is 11.6 Å². The molecule has 1 aromatic heterocycles. The summed E-state index contributed by atoms with van der Waals surface area (Å²) in [6, 6.07) is 16.4. The van der Waals surface area contributed by atoms with Crippen molar-refractivity contribution in [2.75, 3.05) is 20.3 Å². The van der Waals surface area contributed by atoms with Gasteiger partial charge >= 0.3 is 0 Å². The van der Waals surface area contributed by atoms with Gasteiger partial charge in [-0.05, 0) is 43.3 Å². The number of nitrogens with one attached hydrogen (secondary N) is 1. The average Bonchev–Trinajstić information content (AvgIpc) is 3.21. The third-order valence-electron chi connectivity index (χ3n) is 3.88. The molecule has 0 atom stereocenters. The lowest BCUT2D eigenvalue weighted by molar-refractivity contribution is -0.123. The lowest BCUT2D eigenvalue weighted by atomic mass is 10.1. The molecule has 0 unspecified atom stereocenters. The van der Waals surface area contributed by atoms with Gasteiger partial charge in [0.05, 0.1) is 20.3 Å². The number of hydrogen-bond acceptors (Lipinski definition) is 6. The fourth-order valence-electron chi connectivity index (χ4n) is 2.50. The van der Waals surface area contributed by atoms with Crippen LogP contribution in [0.2, 0.25) is 0 Å². The summed E-state index contributed by atoms with van der Waals surface area (Å²) in [4.78, 5) is 12.0.